The molecule has 20 heavy (non-hydrogen) atoms. The van der Waals surface area contributed by atoms with E-state index in [2.05, 4.69) is 43.6 Å². The van der Waals surface area contributed by atoms with Gasteiger partial charge in [-0.2, -0.15) is 0 Å². The Labute approximate surface area is 124 Å². The second kappa shape index (κ2) is 6.30. The first kappa shape index (κ1) is 14.1. The highest BCUT2D eigenvalue weighted by molar-refractivity contribution is 5.30. The molecule has 0 radical (unpaired) electrons. The van der Waals surface area contributed by atoms with Gasteiger partial charge in [0.2, 0.25) is 0 Å². The lowest BCUT2D eigenvalue weighted by Crippen LogP contribution is -2.24. The van der Waals surface area contributed by atoms with Crippen LogP contribution in [0.3, 0.4) is 0 Å². The van der Waals surface area contributed by atoms with Crippen molar-refractivity contribution in [1.29, 1.82) is 0 Å². The monoisotopic (exact) mass is 271 g/mol. The Morgan fingerprint density at radius 1 is 1.20 bits per heavy atom. The van der Waals surface area contributed by atoms with Gasteiger partial charge in [0, 0.05) is 6.04 Å². The minimum absolute atomic E-state index is 0.562. The standard InChI is InChI=1S/C19H29N/c1-3-14-10-11-18(12-14)19(20-2)17-9-5-8-16(13-17)15-6-4-7-15/h5,8-9,13-15,18-20H,3-4,6-7,10-12H2,1-2H3. The molecule has 1 heteroatoms. The van der Waals surface area contributed by atoms with Gasteiger partial charge < -0.3 is 5.32 Å². The van der Waals surface area contributed by atoms with Crippen molar-refractivity contribution >= 4 is 0 Å². The number of rotatable bonds is 5. The van der Waals surface area contributed by atoms with Gasteiger partial charge in [-0.1, -0.05) is 50.5 Å². The summed E-state index contributed by atoms with van der Waals surface area (Å²) in [6, 6.07) is 10.0. The summed E-state index contributed by atoms with van der Waals surface area (Å²) in [4.78, 5) is 0. The van der Waals surface area contributed by atoms with Crippen molar-refractivity contribution in [3.8, 4) is 0 Å². The van der Waals surface area contributed by atoms with Gasteiger partial charge >= 0.3 is 0 Å². The van der Waals surface area contributed by atoms with Crippen molar-refractivity contribution in [2.45, 2.75) is 63.8 Å². The van der Waals surface area contributed by atoms with Crippen LogP contribution in [0.4, 0.5) is 0 Å². The highest BCUT2D eigenvalue weighted by atomic mass is 14.9. The highest BCUT2D eigenvalue weighted by Gasteiger charge is 2.30. The van der Waals surface area contributed by atoms with Crippen LogP contribution in [-0.4, -0.2) is 7.05 Å². The van der Waals surface area contributed by atoms with Gasteiger partial charge in [-0.25, -0.2) is 0 Å². The van der Waals surface area contributed by atoms with E-state index in [1.54, 1.807) is 5.56 Å². The van der Waals surface area contributed by atoms with Crippen LogP contribution in [0.5, 0.6) is 0 Å². The van der Waals surface area contributed by atoms with Crippen LogP contribution in [0.25, 0.3) is 0 Å². The van der Waals surface area contributed by atoms with E-state index in [1.165, 1.54) is 50.5 Å². The minimum atomic E-state index is 0.562. The van der Waals surface area contributed by atoms with Gasteiger partial charge in [-0.15, -0.1) is 0 Å². The summed E-state index contributed by atoms with van der Waals surface area (Å²) in [5.74, 6) is 2.65. The summed E-state index contributed by atoms with van der Waals surface area (Å²) < 4.78 is 0. The fraction of sp³-hybridized carbons (Fsp3) is 0.684. The molecule has 0 spiro atoms. The van der Waals surface area contributed by atoms with Crippen LogP contribution in [0.15, 0.2) is 24.3 Å². The molecule has 1 aromatic rings. The molecule has 2 saturated carbocycles. The van der Waals surface area contributed by atoms with Gasteiger partial charge in [0.05, 0.1) is 0 Å². The second-order valence-corrected chi connectivity index (χ2v) is 6.91. The fourth-order valence-corrected chi connectivity index (χ4v) is 4.21. The van der Waals surface area contributed by atoms with E-state index in [9.17, 15) is 0 Å². The maximum Gasteiger partial charge on any atom is 0.0346 e. The molecule has 2 fully saturated rings. The summed E-state index contributed by atoms with van der Waals surface area (Å²) in [7, 11) is 2.14. The van der Waals surface area contributed by atoms with Gasteiger partial charge in [0.15, 0.2) is 0 Å². The molecule has 3 rings (SSSR count). The third kappa shape index (κ3) is 2.79. The smallest absolute Gasteiger partial charge is 0.0346 e. The Hall–Kier alpha value is -0.820. The van der Waals surface area contributed by atoms with Crippen molar-refractivity contribution in [2.75, 3.05) is 7.05 Å². The van der Waals surface area contributed by atoms with Crippen LogP contribution < -0.4 is 5.32 Å². The normalized spacial score (nSPS) is 28.3. The zero-order valence-corrected chi connectivity index (χ0v) is 13.1. The molecule has 0 heterocycles. The third-order valence-electron chi connectivity index (χ3n) is 5.79. The Bertz CT molecular complexity index is 435. The summed E-state index contributed by atoms with van der Waals surface area (Å²) in [5, 5.41) is 3.61. The Morgan fingerprint density at radius 2 is 2.05 bits per heavy atom. The first-order valence-corrected chi connectivity index (χ1v) is 8.59. The second-order valence-electron chi connectivity index (χ2n) is 6.91. The van der Waals surface area contributed by atoms with Crippen LogP contribution >= 0.6 is 0 Å². The molecule has 2 aliphatic rings. The summed E-state index contributed by atoms with van der Waals surface area (Å²) in [5.41, 5.74) is 3.11. The van der Waals surface area contributed by atoms with E-state index in [0.29, 0.717) is 6.04 Å². The molecule has 0 amide bonds. The highest BCUT2D eigenvalue weighted by Crippen LogP contribution is 2.42. The topological polar surface area (TPSA) is 12.0 Å². The molecule has 0 saturated heterocycles. The molecule has 110 valence electrons. The van der Waals surface area contributed by atoms with Gasteiger partial charge in [-0.3, -0.25) is 0 Å². The molecule has 0 bridgehead atoms. The first-order valence-electron chi connectivity index (χ1n) is 8.59. The van der Waals surface area contributed by atoms with Gasteiger partial charge in [-0.05, 0) is 61.6 Å². The van der Waals surface area contributed by atoms with E-state index in [0.717, 1.165) is 17.8 Å². The van der Waals surface area contributed by atoms with Gasteiger partial charge in [0.1, 0.15) is 0 Å². The quantitative estimate of drug-likeness (QED) is 0.791. The molecule has 2 aliphatic carbocycles. The molecule has 1 nitrogen and oxygen atoms in total. The van der Waals surface area contributed by atoms with E-state index >= 15 is 0 Å². The largest absolute Gasteiger partial charge is 0.313 e. The van der Waals surface area contributed by atoms with Crippen LogP contribution in [0.2, 0.25) is 0 Å². The molecule has 1 aromatic carbocycles. The van der Waals surface area contributed by atoms with Crippen LogP contribution in [-0.2, 0) is 0 Å². The number of hydrogen-bond acceptors (Lipinski definition) is 1. The fourth-order valence-electron chi connectivity index (χ4n) is 4.21. The average Bonchev–Trinajstić information content (AvgIpc) is 2.87. The van der Waals surface area contributed by atoms with Crippen LogP contribution in [0.1, 0.15) is 75.0 Å². The van der Waals surface area contributed by atoms with E-state index in [1.807, 2.05) is 0 Å². The van der Waals surface area contributed by atoms with Crippen molar-refractivity contribution in [3.63, 3.8) is 0 Å². The van der Waals surface area contributed by atoms with Crippen LogP contribution in [0, 0.1) is 11.8 Å². The molecule has 0 aliphatic heterocycles. The summed E-state index contributed by atoms with van der Waals surface area (Å²) in [6.07, 6.45) is 9.82. The lowest BCUT2D eigenvalue weighted by atomic mass is 9.79. The predicted octanol–water partition coefficient (Wildman–Crippen LogP) is 5.04. The SMILES string of the molecule is CCC1CCC(C(NC)c2cccc(C3CCC3)c2)C1. The van der Waals surface area contributed by atoms with E-state index < -0.39 is 0 Å². The van der Waals surface area contributed by atoms with Crippen molar-refractivity contribution in [2.24, 2.45) is 11.8 Å². The zero-order valence-electron chi connectivity index (χ0n) is 13.1. The predicted molar refractivity (Wildman–Crippen MR) is 86.0 cm³/mol. The van der Waals surface area contributed by atoms with Crippen molar-refractivity contribution in [1.82, 2.24) is 5.32 Å². The van der Waals surface area contributed by atoms with E-state index in [4.69, 9.17) is 0 Å². The minimum Gasteiger partial charge on any atom is -0.313 e. The average molecular weight is 271 g/mol. The van der Waals surface area contributed by atoms with Crippen molar-refractivity contribution in [3.05, 3.63) is 35.4 Å². The summed E-state index contributed by atoms with van der Waals surface area (Å²) >= 11 is 0. The molecule has 1 N–H and O–H groups in total. The Kier molecular flexibility index (Phi) is 4.45. The summed E-state index contributed by atoms with van der Waals surface area (Å²) in [6.45, 7) is 2.35. The molecular formula is C19H29N. The zero-order chi connectivity index (χ0) is 13.9. The lowest BCUT2D eigenvalue weighted by molar-refractivity contribution is 0.371. The molecule has 3 unspecified atom stereocenters. The number of nitrogens with one attached hydrogen (secondary N) is 1. The maximum absolute atomic E-state index is 3.61. The van der Waals surface area contributed by atoms with E-state index in [-0.39, 0.29) is 0 Å². The number of hydrogen-bond donors (Lipinski definition) is 1. The maximum atomic E-state index is 3.61. The number of benzene rings is 1. The Balaban J connectivity index is 1.75. The molecular weight excluding hydrogens is 242 g/mol. The molecule has 0 aromatic heterocycles. The third-order valence-corrected chi connectivity index (χ3v) is 5.79. The van der Waals surface area contributed by atoms with Crippen molar-refractivity contribution < 1.29 is 0 Å². The lowest BCUT2D eigenvalue weighted by Gasteiger charge is -2.28. The Morgan fingerprint density at radius 3 is 2.65 bits per heavy atom. The van der Waals surface area contributed by atoms with Gasteiger partial charge in [0.25, 0.3) is 0 Å². The molecule has 3 atom stereocenters. The first-order chi connectivity index (χ1) is 9.81.